The lowest BCUT2D eigenvalue weighted by molar-refractivity contribution is -0.161. The Kier molecular flexibility index (Phi) is 53.5. The molecule has 0 aliphatic heterocycles. The zero-order valence-electron chi connectivity index (χ0n) is 47.4. The van der Waals surface area contributed by atoms with E-state index >= 15 is 0 Å². The molecule has 0 radical (unpaired) electrons. The third-order valence-electron chi connectivity index (χ3n) is 11.6. The van der Waals surface area contributed by atoms with Crippen LogP contribution in [-0.4, -0.2) is 66.5 Å². The first-order chi connectivity index (χ1) is 37.2. The molecule has 0 aromatic heterocycles. The molecule has 12 heteroatoms. The number of ether oxygens (including phenoxy) is 3. The summed E-state index contributed by atoms with van der Waals surface area (Å²) in [5, 5.41) is 9.80. The van der Waals surface area contributed by atoms with Gasteiger partial charge in [-0.05, 0) is 116 Å². The van der Waals surface area contributed by atoms with Gasteiger partial charge in [0.05, 0.1) is 26.2 Å². The Labute approximate surface area is 461 Å². The Bertz CT molecular complexity index is 1780. The molecule has 2 N–H and O–H groups in total. The van der Waals surface area contributed by atoms with Crippen LogP contribution in [0.2, 0.25) is 0 Å². The molecule has 0 amide bonds. The Morgan fingerprint density at radius 2 is 0.737 bits per heavy atom. The number of unbranched alkanes of at least 4 members (excludes halogenated alkanes) is 14. The molecule has 0 aliphatic rings. The average molecular weight is 1080 g/mol. The summed E-state index contributed by atoms with van der Waals surface area (Å²) < 4.78 is 39.4. The summed E-state index contributed by atoms with van der Waals surface area (Å²) >= 11 is 0. The highest BCUT2D eigenvalue weighted by atomic mass is 31.2. The quantitative estimate of drug-likeness (QED) is 0.0197. The molecular formula is C64H103O11P. The lowest BCUT2D eigenvalue weighted by Crippen LogP contribution is -2.30. The molecule has 3 atom stereocenters. The first kappa shape index (κ1) is 71.6. The van der Waals surface area contributed by atoms with Crippen molar-refractivity contribution in [1.29, 1.82) is 0 Å². The van der Waals surface area contributed by atoms with E-state index in [4.69, 9.17) is 23.3 Å². The second-order valence-electron chi connectivity index (χ2n) is 18.7. The van der Waals surface area contributed by atoms with E-state index in [1.165, 1.54) is 51.4 Å². The average Bonchev–Trinajstić information content (AvgIpc) is 3.41. The van der Waals surface area contributed by atoms with Gasteiger partial charge in [-0.15, -0.1) is 0 Å². The smallest absolute Gasteiger partial charge is 0.462 e. The Morgan fingerprint density at radius 1 is 0.395 bits per heavy atom. The predicted molar refractivity (Wildman–Crippen MR) is 316 cm³/mol. The van der Waals surface area contributed by atoms with E-state index in [-0.39, 0.29) is 25.9 Å². The number of rotatable bonds is 52. The highest BCUT2D eigenvalue weighted by Gasteiger charge is 2.28. The molecule has 3 unspecified atom stereocenters. The van der Waals surface area contributed by atoms with E-state index in [1.807, 2.05) is 18.2 Å². The fourth-order valence-corrected chi connectivity index (χ4v) is 8.00. The highest BCUT2D eigenvalue weighted by Crippen LogP contribution is 2.43. The first-order valence-electron chi connectivity index (χ1n) is 29.1. The summed E-state index contributed by atoms with van der Waals surface area (Å²) in [5.74, 6) is -1.67. The molecule has 0 fully saturated rings. The van der Waals surface area contributed by atoms with Crippen molar-refractivity contribution in [2.24, 2.45) is 0 Å². The molecule has 430 valence electrons. The van der Waals surface area contributed by atoms with Crippen LogP contribution in [0.4, 0.5) is 0 Å². The monoisotopic (exact) mass is 1080 g/mol. The minimum Gasteiger partial charge on any atom is -0.462 e. The van der Waals surface area contributed by atoms with Crippen LogP contribution in [0.25, 0.3) is 0 Å². The topological polar surface area (TPSA) is 155 Å². The van der Waals surface area contributed by atoms with Crippen molar-refractivity contribution in [1.82, 2.24) is 0 Å². The fourth-order valence-electron chi connectivity index (χ4n) is 7.22. The maximum Gasteiger partial charge on any atom is 0.472 e. The number of esters is 3. The van der Waals surface area contributed by atoms with Crippen LogP contribution >= 0.6 is 7.82 Å². The second kappa shape index (κ2) is 56.8. The normalized spacial score (nSPS) is 14.3. The van der Waals surface area contributed by atoms with Gasteiger partial charge in [-0.1, -0.05) is 212 Å². The van der Waals surface area contributed by atoms with Gasteiger partial charge < -0.3 is 24.2 Å². The van der Waals surface area contributed by atoms with Crippen molar-refractivity contribution in [3.05, 3.63) is 134 Å². The van der Waals surface area contributed by atoms with Crippen molar-refractivity contribution in [2.45, 2.75) is 226 Å². The van der Waals surface area contributed by atoms with E-state index in [0.717, 1.165) is 103 Å². The number of aliphatic hydroxyl groups excluding tert-OH is 1. The standard InChI is InChI=1S/C64H103O11P/c1-4-7-10-13-16-19-22-25-28-29-30-31-34-37-40-43-46-49-52-55-64(68)75-61(57-71-62(66)53-50-47-44-41-38-35-32-26-23-20-17-14-11-8-5-2)59-73-76(69,70)72-58-60(56-65)74-63(67)54-51-48-45-42-39-36-33-27-24-21-18-15-12-9-6-3/h8-9,11-12,16-21,25-28,32-33,38-39,41-42,48,51,60-61,65H,4-7,10,13-15,22-24,29-31,34-37,40,43-47,49-50,52-59H2,1-3H3,(H,69,70)/b11-8-,12-9-,19-16-,20-17-,21-18-,28-25-,32-26-,33-27-,41-38-,42-39-,51-48-. The van der Waals surface area contributed by atoms with Gasteiger partial charge in [-0.2, -0.15) is 0 Å². The van der Waals surface area contributed by atoms with Crippen molar-refractivity contribution in [3.63, 3.8) is 0 Å². The molecular weight excluding hydrogens is 976 g/mol. The minimum absolute atomic E-state index is 0.0646. The lowest BCUT2D eigenvalue weighted by Gasteiger charge is -2.21. The predicted octanol–water partition coefficient (Wildman–Crippen LogP) is 17.4. The van der Waals surface area contributed by atoms with Gasteiger partial charge in [0.2, 0.25) is 0 Å². The van der Waals surface area contributed by atoms with Crippen molar-refractivity contribution < 1.29 is 52.2 Å². The molecule has 0 rings (SSSR count). The Hall–Kier alpha value is -4.38. The molecule has 76 heavy (non-hydrogen) atoms. The van der Waals surface area contributed by atoms with Crippen LogP contribution in [0.5, 0.6) is 0 Å². The van der Waals surface area contributed by atoms with Crippen LogP contribution in [-0.2, 0) is 42.2 Å². The summed E-state index contributed by atoms with van der Waals surface area (Å²) in [6.45, 7) is 4.21. The number of hydrogen-bond donors (Lipinski definition) is 2. The van der Waals surface area contributed by atoms with Gasteiger partial charge in [0.25, 0.3) is 0 Å². The van der Waals surface area contributed by atoms with Gasteiger partial charge >= 0.3 is 25.7 Å². The number of carbonyl (C=O) groups is 3. The van der Waals surface area contributed by atoms with Gasteiger partial charge in [0.1, 0.15) is 12.7 Å². The van der Waals surface area contributed by atoms with Gasteiger partial charge in [0.15, 0.2) is 6.10 Å². The molecule has 0 heterocycles. The summed E-state index contributed by atoms with van der Waals surface area (Å²) in [6, 6.07) is 0. The summed E-state index contributed by atoms with van der Waals surface area (Å²) in [7, 11) is -4.79. The number of hydrogen-bond acceptors (Lipinski definition) is 10. The summed E-state index contributed by atoms with van der Waals surface area (Å²) in [6.07, 6.45) is 71.6. The zero-order valence-corrected chi connectivity index (χ0v) is 48.3. The second-order valence-corrected chi connectivity index (χ2v) is 20.2. The van der Waals surface area contributed by atoms with E-state index in [9.17, 15) is 28.9 Å². The number of aliphatic hydroxyl groups is 1. The highest BCUT2D eigenvalue weighted by molar-refractivity contribution is 7.47. The molecule has 0 saturated carbocycles. The maximum atomic E-state index is 12.9. The van der Waals surface area contributed by atoms with Crippen LogP contribution in [0.3, 0.4) is 0 Å². The minimum atomic E-state index is -4.79. The van der Waals surface area contributed by atoms with Crippen LogP contribution in [0.1, 0.15) is 213 Å². The number of phosphoric acid groups is 1. The molecule has 0 saturated heterocycles. The molecule has 11 nitrogen and oxygen atoms in total. The van der Waals surface area contributed by atoms with Gasteiger partial charge in [0, 0.05) is 12.8 Å². The third kappa shape index (κ3) is 54.4. The number of allylic oxidation sites excluding steroid dienone is 21. The maximum absolute atomic E-state index is 12.9. The third-order valence-corrected chi connectivity index (χ3v) is 12.5. The molecule has 0 spiro atoms. The molecule has 0 aromatic carbocycles. The van der Waals surface area contributed by atoms with Gasteiger partial charge in [-0.3, -0.25) is 23.4 Å². The van der Waals surface area contributed by atoms with Crippen molar-refractivity contribution in [2.75, 3.05) is 26.4 Å². The summed E-state index contributed by atoms with van der Waals surface area (Å²) in [4.78, 5) is 48.5. The molecule has 0 aliphatic carbocycles. The Balaban J connectivity index is 4.87. The SMILES string of the molecule is CC/C=C\C/C=C\C/C=C\C/C=C\C/C=C\CC(=O)OC(CO)COP(=O)(O)OCC(COC(=O)CCCC/C=C\C/C=C\C/C=C\C/C=C\CC)OC(=O)CCCCCCCCCCC/C=C\C/C=C\CCCCC. The number of carbonyl (C=O) groups excluding carboxylic acids is 3. The molecule has 0 aromatic rings. The number of phosphoric ester groups is 1. The van der Waals surface area contributed by atoms with E-state index in [2.05, 4.69) is 130 Å². The van der Waals surface area contributed by atoms with Crippen molar-refractivity contribution in [3.8, 4) is 0 Å². The largest absolute Gasteiger partial charge is 0.472 e. The van der Waals surface area contributed by atoms with E-state index in [0.29, 0.717) is 19.3 Å². The zero-order chi connectivity index (χ0) is 55.5. The Morgan fingerprint density at radius 3 is 1.18 bits per heavy atom. The summed E-state index contributed by atoms with van der Waals surface area (Å²) in [5.41, 5.74) is 0. The van der Waals surface area contributed by atoms with Crippen LogP contribution < -0.4 is 0 Å². The van der Waals surface area contributed by atoms with Crippen LogP contribution in [0, 0.1) is 0 Å². The first-order valence-corrected chi connectivity index (χ1v) is 30.6. The van der Waals surface area contributed by atoms with Gasteiger partial charge in [-0.25, -0.2) is 4.57 Å². The fraction of sp³-hybridized carbons (Fsp3) is 0.609. The molecule has 0 bridgehead atoms. The van der Waals surface area contributed by atoms with E-state index < -0.39 is 57.8 Å². The van der Waals surface area contributed by atoms with Crippen molar-refractivity contribution >= 4 is 25.7 Å². The van der Waals surface area contributed by atoms with E-state index in [1.54, 1.807) is 6.08 Å². The lowest BCUT2D eigenvalue weighted by atomic mass is 10.1. The van der Waals surface area contributed by atoms with Crippen LogP contribution in [0.15, 0.2) is 134 Å².